The van der Waals surface area contributed by atoms with E-state index >= 15 is 0 Å². The Bertz CT molecular complexity index is 1130. The Morgan fingerprint density at radius 1 is 0.673 bits per heavy atom. The van der Waals surface area contributed by atoms with Gasteiger partial charge < -0.3 is 29.7 Å². The van der Waals surface area contributed by atoms with Crippen molar-refractivity contribution in [3.8, 4) is 0 Å². The highest BCUT2D eigenvalue weighted by atomic mass is 31.2. The molecule has 0 rings (SSSR count). The van der Waals surface area contributed by atoms with Gasteiger partial charge in [-0.15, -0.1) is 0 Å². The predicted molar refractivity (Wildman–Crippen MR) is 206 cm³/mol. The van der Waals surface area contributed by atoms with Gasteiger partial charge in [-0.1, -0.05) is 132 Å². The average molecular weight is 755 g/mol. The van der Waals surface area contributed by atoms with Gasteiger partial charge >= 0.3 is 19.8 Å². The van der Waals surface area contributed by atoms with E-state index in [1.165, 1.54) is 19.3 Å². The van der Waals surface area contributed by atoms with Gasteiger partial charge in [0.05, 0.1) is 25.9 Å². The molecule has 0 aliphatic heterocycles. The molecular formula is C40H67O11P. The second-order valence-electron chi connectivity index (χ2n) is 12.9. The molecule has 0 bridgehead atoms. The summed E-state index contributed by atoms with van der Waals surface area (Å²) >= 11 is 0. The second kappa shape index (κ2) is 34.2. The summed E-state index contributed by atoms with van der Waals surface area (Å²) in [6.45, 7) is 4.15. The molecule has 2 unspecified atom stereocenters. The van der Waals surface area contributed by atoms with Crippen LogP contribution < -0.4 is 0 Å². The van der Waals surface area contributed by atoms with Gasteiger partial charge in [0.25, 0.3) is 0 Å². The average Bonchev–Trinajstić information content (AvgIpc) is 3.11. The molecule has 11 nitrogen and oxygen atoms in total. The van der Waals surface area contributed by atoms with Crippen LogP contribution in [0, 0.1) is 5.92 Å². The Kier molecular flexibility index (Phi) is 32.4. The third-order valence-corrected chi connectivity index (χ3v) is 8.37. The number of hydrogen-bond donors (Lipinski definition) is 4. The van der Waals surface area contributed by atoms with E-state index in [1.54, 1.807) is 12.2 Å². The number of aliphatic hydroxyl groups is 3. The summed E-state index contributed by atoms with van der Waals surface area (Å²) in [5.41, 5.74) is 0. The highest BCUT2D eigenvalue weighted by Gasteiger charge is 2.27. The van der Waals surface area contributed by atoms with Crippen molar-refractivity contribution in [2.45, 2.75) is 135 Å². The Morgan fingerprint density at radius 2 is 1.23 bits per heavy atom. The number of phosphoric acid groups is 1. The van der Waals surface area contributed by atoms with Crippen LogP contribution in [0.4, 0.5) is 0 Å². The van der Waals surface area contributed by atoms with E-state index in [0.717, 1.165) is 51.4 Å². The molecular weight excluding hydrogens is 687 g/mol. The molecule has 0 aromatic heterocycles. The minimum Gasteiger partial charge on any atom is -0.462 e. The monoisotopic (exact) mass is 754 g/mol. The molecule has 4 atom stereocenters. The maximum absolute atomic E-state index is 12.6. The Balaban J connectivity index is 4.64. The Labute approximate surface area is 312 Å². The van der Waals surface area contributed by atoms with E-state index in [4.69, 9.17) is 19.1 Å². The lowest BCUT2D eigenvalue weighted by atomic mass is 10.0. The number of rotatable bonds is 33. The van der Waals surface area contributed by atoms with Crippen molar-refractivity contribution in [3.05, 3.63) is 72.9 Å². The van der Waals surface area contributed by atoms with Crippen LogP contribution >= 0.6 is 7.82 Å². The van der Waals surface area contributed by atoms with Crippen LogP contribution in [0.15, 0.2) is 72.9 Å². The Morgan fingerprint density at radius 3 is 1.83 bits per heavy atom. The quantitative estimate of drug-likeness (QED) is 0.0168. The van der Waals surface area contributed by atoms with Gasteiger partial charge in [-0.2, -0.15) is 0 Å². The number of aliphatic hydroxyl groups excluding tert-OH is 3. The van der Waals surface area contributed by atoms with Crippen LogP contribution in [-0.4, -0.2) is 76.9 Å². The maximum atomic E-state index is 12.6. The summed E-state index contributed by atoms with van der Waals surface area (Å²) in [6.07, 6.45) is 32.4. The topological polar surface area (TPSA) is 169 Å². The number of allylic oxidation sites excluding steroid dienone is 11. The van der Waals surface area contributed by atoms with Crippen molar-refractivity contribution in [1.82, 2.24) is 0 Å². The number of hydrogen-bond acceptors (Lipinski definition) is 10. The summed E-state index contributed by atoms with van der Waals surface area (Å²) in [5.74, 6) is -0.520. The fraction of sp³-hybridized carbons (Fsp3) is 0.650. The van der Waals surface area contributed by atoms with Crippen molar-refractivity contribution in [2.24, 2.45) is 5.92 Å². The highest BCUT2D eigenvalue weighted by Crippen LogP contribution is 2.43. The smallest absolute Gasteiger partial charge is 0.462 e. The number of carbonyl (C=O) groups excluding carboxylic acids is 2. The standard InChI is InChI=1S/C40H67O11P/c1-4-5-6-7-8-9-10-11-12-13-14-15-16-17-21-24-27-36(42)29-30-40(45)51-38(34-50-52(46,47)49-32-37(43)31-41)33-48-39(44)28-25-22-19-18-20-23-26-35(2)3/h5-6,8-9,11-12,14-15,17,21,24,27,35-38,41-43H,4,7,10,13,16,18-20,22-23,25-26,28-34H2,1-3H3,(H,46,47)/b6-5-,9-8-,12-11-,15-14-,21-17-,27-24-/t36?,37-,38+/m0/s1. The van der Waals surface area contributed by atoms with Gasteiger partial charge in [0.15, 0.2) is 6.10 Å². The van der Waals surface area contributed by atoms with Crippen LogP contribution in [0.1, 0.15) is 117 Å². The molecule has 0 amide bonds. The molecule has 0 heterocycles. The second-order valence-corrected chi connectivity index (χ2v) is 14.4. The molecule has 4 N–H and O–H groups in total. The molecule has 0 radical (unpaired) electrons. The van der Waals surface area contributed by atoms with E-state index in [0.29, 0.717) is 12.3 Å². The molecule has 0 aliphatic carbocycles. The van der Waals surface area contributed by atoms with E-state index in [1.807, 2.05) is 12.2 Å². The summed E-state index contributed by atoms with van der Waals surface area (Å²) in [7, 11) is -4.68. The van der Waals surface area contributed by atoms with Crippen molar-refractivity contribution in [1.29, 1.82) is 0 Å². The van der Waals surface area contributed by atoms with Crippen LogP contribution in [0.2, 0.25) is 0 Å². The molecule has 0 spiro atoms. The van der Waals surface area contributed by atoms with Gasteiger partial charge in [-0.25, -0.2) is 4.57 Å². The van der Waals surface area contributed by atoms with Gasteiger partial charge in [-0.05, 0) is 50.9 Å². The van der Waals surface area contributed by atoms with Crippen LogP contribution in [0.3, 0.4) is 0 Å². The zero-order valence-electron chi connectivity index (χ0n) is 31.8. The molecule has 0 aromatic carbocycles. The maximum Gasteiger partial charge on any atom is 0.472 e. The zero-order chi connectivity index (χ0) is 38.7. The van der Waals surface area contributed by atoms with Crippen LogP contribution in [-0.2, 0) is 32.7 Å². The third-order valence-electron chi connectivity index (χ3n) is 7.42. The van der Waals surface area contributed by atoms with Gasteiger partial charge in [0.2, 0.25) is 0 Å². The number of carbonyl (C=O) groups is 2. The lowest BCUT2D eigenvalue weighted by Gasteiger charge is -2.20. The fourth-order valence-corrected chi connectivity index (χ4v) is 5.25. The van der Waals surface area contributed by atoms with Gasteiger partial charge in [0.1, 0.15) is 12.7 Å². The molecule has 12 heteroatoms. The number of esters is 2. The lowest BCUT2D eigenvalue weighted by molar-refractivity contribution is -0.161. The highest BCUT2D eigenvalue weighted by molar-refractivity contribution is 7.47. The van der Waals surface area contributed by atoms with E-state index in [9.17, 15) is 29.3 Å². The minimum atomic E-state index is -4.68. The summed E-state index contributed by atoms with van der Waals surface area (Å²) < 4.78 is 32.3. The van der Waals surface area contributed by atoms with Crippen molar-refractivity contribution < 1.29 is 52.9 Å². The van der Waals surface area contributed by atoms with E-state index < -0.39 is 64.5 Å². The summed E-state index contributed by atoms with van der Waals surface area (Å²) in [6, 6.07) is 0. The van der Waals surface area contributed by atoms with Crippen molar-refractivity contribution in [3.63, 3.8) is 0 Å². The van der Waals surface area contributed by atoms with Gasteiger partial charge in [0, 0.05) is 12.8 Å². The number of phosphoric ester groups is 1. The number of ether oxygens (including phenoxy) is 2. The fourth-order valence-electron chi connectivity index (χ4n) is 4.46. The molecule has 0 aromatic rings. The zero-order valence-corrected chi connectivity index (χ0v) is 32.7. The number of unbranched alkanes of at least 4 members (excludes halogenated alkanes) is 5. The largest absolute Gasteiger partial charge is 0.472 e. The van der Waals surface area contributed by atoms with Gasteiger partial charge in [-0.3, -0.25) is 18.6 Å². The third kappa shape index (κ3) is 34.5. The van der Waals surface area contributed by atoms with Crippen LogP contribution in [0.5, 0.6) is 0 Å². The first-order valence-corrected chi connectivity index (χ1v) is 20.4. The first kappa shape index (κ1) is 49.4. The molecule has 298 valence electrons. The SMILES string of the molecule is CC/C=C\C/C=C\C/C=C\C/C=C\C/C=C\C=C/C(O)CCC(=O)O[C@H](COC(=O)CCCCCCCCC(C)C)COP(=O)(O)OC[C@@H](O)CO. The minimum absolute atomic E-state index is 0.0610. The first-order chi connectivity index (χ1) is 25.0. The van der Waals surface area contributed by atoms with Crippen molar-refractivity contribution in [2.75, 3.05) is 26.4 Å². The van der Waals surface area contributed by atoms with Crippen molar-refractivity contribution >= 4 is 19.8 Å². The van der Waals surface area contributed by atoms with E-state index in [2.05, 4.69) is 73.9 Å². The normalized spacial score (nSPS) is 15.5. The molecule has 0 saturated heterocycles. The first-order valence-electron chi connectivity index (χ1n) is 18.9. The van der Waals surface area contributed by atoms with Crippen LogP contribution in [0.25, 0.3) is 0 Å². The summed E-state index contributed by atoms with van der Waals surface area (Å²) in [4.78, 5) is 34.8. The van der Waals surface area contributed by atoms with E-state index in [-0.39, 0.29) is 19.3 Å². The lowest BCUT2D eigenvalue weighted by Crippen LogP contribution is -2.30. The molecule has 52 heavy (non-hydrogen) atoms. The molecule has 0 aliphatic rings. The Hall–Kier alpha value is -2.63. The molecule has 0 fully saturated rings. The molecule has 0 saturated carbocycles. The predicted octanol–water partition coefficient (Wildman–Crippen LogP) is 8.15. The summed E-state index contributed by atoms with van der Waals surface area (Å²) in [5, 5.41) is 28.5.